The predicted octanol–water partition coefficient (Wildman–Crippen LogP) is 1.27. The molecule has 0 bridgehead atoms. The van der Waals surface area contributed by atoms with Crippen LogP contribution >= 0.6 is 11.6 Å². The average molecular weight is 272 g/mol. The number of hydrogen-bond acceptors (Lipinski definition) is 4. The van der Waals surface area contributed by atoms with Gasteiger partial charge in [0.1, 0.15) is 0 Å². The van der Waals surface area contributed by atoms with Crippen molar-refractivity contribution in [1.29, 1.82) is 0 Å². The van der Waals surface area contributed by atoms with Crippen LogP contribution in [0.2, 0.25) is 5.02 Å². The summed E-state index contributed by atoms with van der Waals surface area (Å²) >= 11 is 5.81. The molecule has 0 atom stereocenters. The van der Waals surface area contributed by atoms with Gasteiger partial charge in [-0.05, 0) is 32.0 Å². The first-order valence-electron chi connectivity index (χ1n) is 5.48. The van der Waals surface area contributed by atoms with E-state index < -0.39 is 5.60 Å². The zero-order chi connectivity index (χ0) is 13.9. The third-order valence-electron chi connectivity index (χ3n) is 2.18. The number of benzene rings is 1. The van der Waals surface area contributed by atoms with E-state index in [2.05, 4.69) is 5.43 Å². The summed E-state index contributed by atoms with van der Waals surface area (Å²) in [4.78, 5) is 11.9. The smallest absolute Gasteiger partial charge is 0.267 e. The van der Waals surface area contributed by atoms with Crippen LogP contribution in [0.5, 0.6) is 0 Å². The van der Waals surface area contributed by atoms with Gasteiger partial charge in [0.2, 0.25) is 0 Å². The molecule has 1 aromatic rings. The number of halogens is 1. The Kier molecular flexibility index (Phi) is 4.56. The number of hydrogen-bond donors (Lipinski definition) is 3. The fourth-order valence-electron chi connectivity index (χ4n) is 1.58. The molecule has 0 aromatic heterocycles. The summed E-state index contributed by atoms with van der Waals surface area (Å²) in [6.45, 7) is 3.60. The predicted molar refractivity (Wildman–Crippen MR) is 72.3 cm³/mol. The minimum Gasteiger partial charge on any atom is -0.398 e. The SMILES string of the molecule is CN(CC(C)(C)O)NC(=O)c1cc(Cl)ccc1N. The van der Waals surface area contributed by atoms with Crippen LogP contribution in [-0.4, -0.2) is 35.2 Å². The Morgan fingerprint density at radius 3 is 2.72 bits per heavy atom. The molecule has 0 heterocycles. The van der Waals surface area contributed by atoms with E-state index in [4.69, 9.17) is 17.3 Å². The molecule has 0 aliphatic heterocycles. The Hall–Kier alpha value is -1.30. The molecule has 0 aliphatic carbocycles. The van der Waals surface area contributed by atoms with Crippen molar-refractivity contribution in [2.45, 2.75) is 19.4 Å². The zero-order valence-electron chi connectivity index (χ0n) is 10.7. The molecule has 0 aliphatic rings. The molecule has 0 saturated heterocycles. The summed E-state index contributed by atoms with van der Waals surface area (Å²) < 4.78 is 0. The van der Waals surface area contributed by atoms with Crippen molar-refractivity contribution in [2.24, 2.45) is 0 Å². The molecule has 4 N–H and O–H groups in total. The highest BCUT2D eigenvalue weighted by Crippen LogP contribution is 2.17. The van der Waals surface area contributed by atoms with Gasteiger partial charge >= 0.3 is 0 Å². The lowest BCUT2D eigenvalue weighted by Gasteiger charge is -2.25. The Morgan fingerprint density at radius 1 is 1.56 bits per heavy atom. The minimum absolute atomic E-state index is 0.291. The number of nitrogens with one attached hydrogen (secondary N) is 1. The monoisotopic (exact) mass is 271 g/mol. The first-order chi connectivity index (χ1) is 8.19. The van der Waals surface area contributed by atoms with Crippen LogP contribution in [0.1, 0.15) is 24.2 Å². The molecule has 18 heavy (non-hydrogen) atoms. The standard InChI is InChI=1S/C12H18ClN3O2/c1-12(2,18)7-16(3)15-11(17)9-6-8(13)4-5-10(9)14/h4-6,18H,7,14H2,1-3H3,(H,15,17). The van der Waals surface area contributed by atoms with Gasteiger partial charge in [0.15, 0.2) is 0 Å². The summed E-state index contributed by atoms with van der Waals surface area (Å²) in [5.74, 6) is -0.359. The number of rotatable bonds is 4. The number of carbonyl (C=O) groups excluding carboxylic acids is 1. The lowest BCUT2D eigenvalue weighted by molar-refractivity contribution is 0.0273. The molecule has 100 valence electrons. The first-order valence-corrected chi connectivity index (χ1v) is 5.86. The fraction of sp³-hybridized carbons (Fsp3) is 0.417. The van der Waals surface area contributed by atoms with Gasteiger partial charge in [-0.15, -0.1) is 0 Å². The highest BCUT2D eigenvalue weighted by molar-refractivity contribution is 6.31. The van der Waals surface area contributed by atoms with Gasteiger partial charge in [0, 0.05) is 24.3 Å². The zero-order valence-corrected chi connectivity index (χ0v) is 11.5. The second-order valence-corrected chi connectivity index (χ2v) is 5.28. The molecule has 1 rings (SSSR count). The number of nitrogens with zero attached hydrogens (tertiary/aromatic N) is 1. The molecular weight excluding hydrogens is 254 g/mol. The average Bonchev–Trinajstić information content (AvgIpc) is 2.18. The maximum atomic E-state index is 11.9. The quantitative estimate of drug-likeness (QED) is 0.569. The number of nitrogens with two attached hydrogens (primary N) is 1. The van der Waals surface area contributed by atoms with Crippen molar-refractivity contribution >= 4 is 23.2 Å². The van der Waals surface area contributed by atoms with Crippen molar-refractivity contribution in [3.05, 3.63) is 28.8 Å². The van der Waals surface area contributed by atoms with Gasteiger partial charge in [0.25, 0.3) is 5.91 Å². The fourth-order valence-corrected chi connectivity index (χ4v) is 1.75. The molecule has 6 heteroatoms. The van der Waals surface area contributed by atoms with E-state index in [1.54, 1.807) is 33.0 Å². The lowest BCUT2D eigenvalue weighted by atomic mass is 10.1. The van der Waals surface area contributed by atoms with E-state index in [0.29, 0.717) is 22.8 Å². The third-order valence-corrected chi connectivity index (χ3v) is 2.41. The van der Waals surface area contributed by atoms with Crippen LogP contribution in [0.3, 0.4) is 0 Å². The Bertz CT molecular complexity index is 443. The number of likely N-dealkylation sites (N-methyl/N-ethyl adjacent to an activating group) is 1. The number of anilines is 1. The second-order valence-electron chi connectivity index (χ2n) is 4.84. The van der Waals surface area contributed by atoms with E-state index in [-0.39, 0.29) is 5.91 Å². The molecule has 0 spiro atoms. The van der Waals surface area contributed by atoms with Crippen molar-refractivity contribution in [3.8, 4) is 0 Å². The van der Waals surface area contributed by atoms with E-state index in [9.17, 15) is 9.90 Å². The Morgan fingerprint density at radius 2 is 2.17 bits per heavy atom. The molecule has 1 aromatic carbocycles. The largest absolute Gasteiger partial charge is 0.398 e. The summed E-state index contributed by atoms with van der Waals surface area (Å²) in [5.41, 5.74) is 8.09. The van der Waals surface area contributed by atoms with Gasteiger partial charge in [-0.1, -0.05) is 11.6 Å². The van der Waals surface area contributed by atoms with Crippen LogP contribution in [-0.2, 0) is 0 Å². The van der Waals surface area contributed by atoms with Crippen LogP contribution in [0.15, 0.2) is 18.2 Å². The van der Waals surface area contributed by atoms with Gasteiger partial charge < -0.3 is 10.8 Å². The molecule has 5 nitrogen and oxygen atoms in total. The number of carbonyl (C=O) groups is 1. The van der Waals surface area contributed by atoms with Gasteiger partial charge in [-0.2, -0.15) is 0 Å². The molecule has 0 radical (unpaired) electrons. The number of amides is 1. The van der Waals surface area contributed by atoms with Crippen LogP contribution in [0, 0.1) is 0 Å². The van der Waals surface area contributed by atoms with Crippen molar-refractivity contribution in [1.82, 2.24) is 10.4 Å². The van der Waals surface area contributed by atoms with Crippen LogP contribution in [0.4, 0.5) is 5.69 Å². The van der Waals surface area contributed by atoms with Gasteiger partial charge in [-0.25, -0.2) is 5.01 Å². The topological polar surface area (TPSA) is 78.6 Å². The normalized spacial score (nSPS) is 11.7. The molecular formula is C12H18ClN3O2. The molecule has 0 saturated carbocycles. The van der Waals surface area contributed by atoms with Crippen molar-refractivity contribution < 1.29 is 9.90 Å². The van der Waals surface area contributed by atoms with Crippen molar-refractivity contribution in [2.75, 3.05) is 19.3 Å². The first kappa shape index (κ1) is 14.8. The van der Waals surface area contributed by atoms with Crippen LogP contribution in [0.25, 0.3) is 0 Å². The maximum Gasteiger partial charge on any atom is 0.267 e. The summed E-state index contributed by atoms with van der Waals surface area (Å²) in [5, 5.41) is 11.6. The Balaban J connectivity index is 2.74. The number of nitrogen functional groups attached to an aromatic ring is 1. The van der Waals surface area contributed by atoms with E-state index in [1.165, 1.54) is 11.1 Å². The Labute approximate surface area is 111 Å². The third kappa shape index (κ3) is 4.52. The highest BCUT2D eigenvalue weighted by atomic mass is 35.5. The highest BCUT2D eigenvalue weighted by Gasteiger charge is 2.18. The van der Waals surface area contributed by atoms with Gasteiger partial charge in [-0.3, -0.25) is 10.2 Å². The minimum atomic E-state index is -0.901. The summed E-state index contributed by atoms with van der Waals surface area (Å²) in [6.07, 6.45) is 0. The lowest BCUT2D eigenvalue weighted by Crippen LogP contribution is -2.46. The van der Waals surface area contributed by atoms with Crippen LogP contribution < -0.4 is 11.2 Å². The molecule has 0 fully saturated rings. The van der Waals surface area contributed by atoms with Gasteiger partial charge in [0.05, 0.1) is 11.2 Å². The number of aliphatic hydroxyl groups is 1. The van der Waals surface area contributed by atoms with E-state index in [1.807, 2.05) is 0 Å². The summed E-state index contributed by atoms with van der Waals surface area (Å²) in [6, 6.07) is 4.70. The second kappa shape index (κ2) is 5.56. The van der Waals surface area contributed by atoms with Crippen molar-refractivity contribution in [3.63, 3.8) is 0 Å². The molecule has 0 unspecified atom stereocenters. The summed E-state index contributed by atoms with van der Waals surface area (Å²) in [7, 11) is 1.66. The van der Waals surface area contributed by atoms with E-state index in [0.717, 1.165) is 0 Å². The number of hydrazine groups is 1. The maximum absolute atomic E-state index is 11.9. The molecule has 1 amide bonds. The van der Waals surface area contributed by atoms with E-state index >= 15 is 0 Å².